The first kappa shape index (κ1) is 13.5. The van der Waals surface area contributed by atoms with Crippen LogP contribution in [0, 0.1) is 5.92 Å². The topological polar surface area (TPSA) is 74.2 Å². The molecule has 2 rings (SSSR count). The molecule has 3 unspecified atom stereocenters. The Bertz CT molecular complexity index is 387. The summed E-state index contributed by atoms with van der Waals surface area (Å²) in [6, 6.07) is -0.00407. The van der Waals surface area contributed by atoms with E-state index >= 15 is 0 Å². The number of rotatable bonds is 4. The van der Waals surface area contributed by atoms with Crippen LogP contribution in [0.4, 0.5) is 0 Å². The van der Waals surface area contributed by atoms with Crippen molar-refractivity contribution < 1.29 is 9.26 Å². The summed E-state index contributed by atoms with van der Waals surface area (Å²) < 4.78 is 11.1. The second kappa shape index (κ2) is 4.97. The summed E-state index contributed by atoms with van der Waals surface area (Å²) in [5.74, 6) is 1.75. The highest BCUT2D eigenvalue weighted by atomic mass is 16.5. The first-order chi connectivity index (χ1) is 8.44. The SMILES string of the molecule is CC(C)C(c1nc(C2(C)CCCO2)no1)C(C)N. The average molecular weight is 253 g/mol. The maximum atomic E-state index is 6.01. The molecule has 0 aromatic carbocycles. The van der Waals surface area contributed by atoms with Gasteiger partial charge in [0.15, 0.2) is 0 Å². The van der Waals surface area contributed by atoms with Crippen LogP contribution >= 0.6 is 0 Å². The van der Waals surface area contributed by atoms with Crippen molar-refractivity contribution in [1.82, 2.24) is 10.1 Å². The second-order valence-electron chi connectivity index (χ2n) is 5.77. The van der Waals surface area contributed by atoms with Crippen LogP contribution < -0.4 is 5.73 Å². The van der Waals surface area contributed by atoms with Gasteiger partial charge in [-0.05, 0) is 32.6 Å². The average Bonchev–Trinajstić information content (AvgIpc) is 2.87. The van der Waals surface area contributed by atoms with E-state index in [1.54, 1.807) is 0 Å². The van der Waals surface area contributed by atoms with E-state index in [-0.39, 0.29) is 17.6 Å². The standard InChI is InChI=1S/C13H23N3O2/c1-8(2)10(9(3)14)11-15-12(16-18-11)13(4)6-5-7-17-13/h8-10H,5-7,14H2,1-4H3. The van der Waals surface area contributed by atoms with Crippen molar-refractivity contribution in [1.29, 1.82) is 0 Å². The third-order valence-electron chi connectivity index (χ3n) is 3.70. The molecule has 0 aliphatic carbocycles. The highest BCUT2D eigenvalue weighted by Crippen LogP contribution is 2.35. The van der Waals surface area contributed by atoms with E-state index < -0.39 is 0 Å². The minimum absolute atomic E-state index is 0.00407. The fourth-order valence-corrected chi connectivity index (χ4v) is 2.66. The molecule has 1 aromatic heterocycles. The summed E-state index contributed by atoms with van der Waals surface area (Å²) in [7, 11) is 0. The smallest absolute Gasteiger partial charge is 0.231 e. The van der Waals surface area contributed by atoms with Crippen LogP contribution in [0.5, 0.6) is 0 Å². The van der Waals surface area contributed by atoms with Gasteiger partial charge in [-0.3, -0.25) is 0 Å². The number of ether oxygens (including phenoxy) is 1. The molecule has 0 radical (unpaired) electrons. The predicted octanol–water partition coefficient (Wildman–Crippen LogP) is 2.18. The quantitative estimate of drug-likeness (QED) is 0.890. The Morgan fingerprint density at radius 2 is 2.06 bits per heavy atom. The lowest BCUT2D eigenvalue weighted by molar-refractivity contribution is 0.00768. The van der Waals surface area contributed by atoms with Crippen LogP contribution in [-0.4, -0.2) is 22.8 Å². The second-order valence-corrected chi connectivity index (χ2v) is 5.77. The van der Waals surface area contributed by atoms with Crippen LogP contribution in [0.25, 0.3) is 0 Å². The van der Waals surface area contributed by atoms with Crippen molar-refractivity contribution in [3.63, 3.8) is 0 Å². The molecule has 2 heterocycles. The van der Waals surface area contributed by atoms with E-state index in [0.29, 0.717) is 17.6 Å². The van der Waals surface area contributed by atoms with Gasteiger partial charge in [0, 0.05) is 12.6 Å². The minimum Gasteiger partial charge on any atom is -0.367 e. The van der Waals surface area contributed by atoms with Crippen LogP contribution in [0.1, 0.15) is 58.2 Å². The molecule has 1 fully saturated rings. The summed E-state index contributed by atoms with van der Waals surface area (Å²) in [5, 5.41) is 4.09. The Morgan fingerprint density at radius 1 is 1.33 bits per heavy atom. The molecule has 18 heavy (non-hydrogen) atoms. The Balaban J connectivity index is 2.24. The Kier molecular flexibility index (Phi) is 3.73. The molecule has 5 heteroatoms. The van der Waals surface area contributed by atoms with Crippen molar-refractivity contribution >= 4 is 0 Å². The lowest BCUT2D eigenvalue weighted by Gasteiger charge is -2.21. The third-order valence-corrected chi connectivity index (χ3v) is 3.70. The summed E-state index contributed by atoms with van der Waals surface area (Å²) in [6.07, 6.45) is 1.98. The molecule has 0 saturated carbocycles. The molecular formula is C13H23N3O2. The van der Waals surface area contributed by atoms with Crippen LogP contribution in [0.3, 0.4) is 0 Å². The molecule has 1 aliphatic rings. The number of aromatic nitrogens is 2. The number of nitrogens with zero attached hydrogens (tertiary/aromatic N) is 2. The van der Waals surface area contributed by atoms with Crippen molar-refractivity contribution in [3.05, 3.63) is 11.7 Å². The van der Waals surface area contributed by atoms with Crippen molar-refractivity contribution in [2.75, 3.05) is 6.61 Å². The normalized spacial score (nSPS) is 27.7. The molecule has 1 saturated heterocycles. The Hall–Kier alpha value is -0.940. The van der Waals surface area contributed by atoms with Gasteiger partial charge in [-0.2, -0.15) is 4.98 Å². The van der Waals surface area contributed by atoms with E-state index in [2.05, 4.69) is 24.0 Å². The first-order valence-corrected chi connectivity index (χ1v) is 6.67. The van der Waals surface area contributed by atoms with Gasteiger partial charge < -0.3 is 15.0 Å². The van der Waals surface area contributed by atoms with E-state index in [0.717, 1.165) is 19.4 Å². The van der Waals surface area contributed by atoms with Crippen molar-refractivity contribution in [2.24, 2.45) is 11.7 Å². The van der Waals surface area contributed by atoms with Gasteiger partial charge in [0.2, 0.25) is 11.7 Å². The van der Waals surface area contributed by atoms with Gasteiger partial charge in [-0.1, -0.05) is 19.0 Å². The zero-order chi connectivity index (χ0) is 13.3. The van der Waals surface area contributed by atoms with Crippen LogP contribution in [-0.2, 0) is 10.3 Å². The van der Waals surface area contributed by atoms with Crippen molar-refractivity contribution in [2.45, 2.75) is 58.1 Å². The van der Waals surface area contributed by atoms with Gasteiger partial charge in [-0.25, -0.2) is 0 Å². The highest BCUT2D eigenvalue weighted by Gasteiger charge is 2.38. The highest BCUT2D eigenvalue weighted by molar-refractivity contribution is 5.05. The third kappa shape index (κ3) is 2.42. The van der Waals surface area contributed by atoms with E-state index in [1.807, 2.05) is 13.8 Å². The van der Waals surface area contributed by atoms with Gasteiger partial charge in [0.05, 0.1) is 5.92 Å². The number of nitrogens with two attached hydrogens (primary N) is 1. The summed E-state index contributed by atoms with van der Waals surface area (Å²) in [6.45, 7) is 8.99. The maximum absolute atomic E-state index is 6.01. The lowest BCUT2D eigenvalue weighted by Crippen LogP contribution is -2.29. The fourth-order valence-electron chi connectivity index (χ4n) is 2.66. The van der Waals surface area contributed by atoms with Crippen molar-refractivity contribution in [3.8, 4) is 0 Å². The zero-order valence-electron chi connectivity index (χ0n) is 11.6. The molecular weight excluding hydrogens is 230 g/mol. The summed E-state index contributed by atoms with van der Waals surface area (Å²) in [5.41, 5.74) is 5.62. The maximum Gasteiger partial charge on any atom is 0.231 e. The van der Waals surface area contributed by atoms with E-state index in [9.17, 15) is 0 Å². The Morgan fingerprint density at radius 3 is 2.56 bits per heavy atom. The largest absolute Gasteiger partial charge is 0.367 e. The van der Waals surface area contributed by atoms with Crippen LogP contribution in [0.2, 0.25) is 0 Å². The molecule has 1 aromatic rings. The molecule has 3 atom stereocenters. The zero-order valence-corrected chi connectivity index (χ0v) is 11.6. The van der Waals surface area contributed by atoms with Gasteiger partial charge in [0.25, 0.3) is 0 Å². The summed E-state index contributed by atoms with van der Waals surface area (Å²) in [4.78, 5) is 4.52. The molecule has 2 N–H and O–H groups in total. The molecule has 0 amide bonds. The fraction of sp³-hybridized carbons (Fsp3) is 0.846. The molecule has 0 spiro atoms. The summed E-state index contributed by atoms with van der Waals surface area (Å²) >= 11 is 0. The Labute approximate surface area is 108 Å². The van der Waals surface area contributed by atoms with Gasteiger partial charge >= 0.3 is 0 Å². The van der Waals surface area contributed by atoms with Crippen LogP contribution in [0.15, 0.2) is 4.52 Å². The van der Waals surface area contributed by atoms with E-state index in [1.165, 1.54) is 0 Å². The minimum atomic E-state index is -0.388. The molecule has 5 nitrogen and oxygen atoms in total. The monoisotopic (exact) mass is 253 g/mol. The predicted molar refractivity (Wildman–Crippen MR) is 68.1 cm³/mol. The lowest BCUT2D eigenvalue weighted by atomic mass is 9.89. The number of hydrogen-bond acceptors (Lipinski definition) is 5. The van der Waals surface area contributed by atoms with E-state index in [4.69, 9.17) is 15.0 Å². The molecule has 1 aliphatic heterocycles. The number of hydrogen-bond donors (Lipinski definition) is 1. The van der Waals surface area contributed by atoms with Gasteiger partial charge in [0.1, 0.15) is 5.60 Å². The molecule has 0 bridgehead atoms. The van der Waals surface area contributed by atoms with Gasteiger partial charge in [-0.15, -0.1) is 0 Å². The molecule has 102 valence electrons. The first-order valence-electron chi connectivity index (χ1n) is 6.67.